The van der Waals surface area contributed by atoms with Gasteiger partial charge < -0.3 is 9.88 Å². The number of pyridine rings is 1. The van der Waals surface area contributed by atoms with Gasteiger partial charge in [0, 0.05) is 24.7 Å². The summed E-state index contributed by atoms with van der Waals surface area (Å²) in [4.78, 5) is 25.2. The minimum atomic E-state index is -4.60. The molecule has 1 N–H and O–H groups in total. The molecule has 1 heterocycles. The Bertz CT molecular complexity index is 1040. The lowest BCUT2D eigenvalue weighted by molar-refractivity contribution is -0.136. The van der Waals surface area contributed by atoms with Crippen molar-refractivity contribution in [3.8, 4) is 0 Å². The fraction of sp³-hybridized carbons (Fsp3) is 0.200. The van der Waals surface area contributed by atoms with E-state index in [9.17, 15) is 22.8 Å². The number of benzene rings is 2. The molecule has 0 aliphatic heterocycles. The molecule has 1 aromatic heterocycles. The molecular formula is C20H17F3N2O2. The molecular weight excluding hydrogens is 357 g/mol. The van der Waals surface area contributed by atoms with Crippen LogP contribution in [0, 0.1) is 0 Å². The number of carbonyl (C=O) groups excluding carboxylic acids is 1. The molecule has 0 aliphatic rings. The predicted octanol–water partition coefficient (Wildman–Crippen LogP) is 3.97. The molecule has 0 saturated carbocycles. The van der Waals surface area contributed by atoms with Gasteiger partial charge in [0.05, 0.1) is 11.1 Å². The quantitative estimate of drug-likeness (QED) is 0.751. The van der Waals surface area contributed by atoms with Crippen LogP contribution in [-0.4, -0.2) is 10.5 Å². The van der Waals surface area contributed by atoms with E-state index in [2.05, 4.69) is 5.32 Å². The molecule has 0 spiro atoms. The third-order valence-electron chi connectivity index (χ3n) is 4.28. The fourth-order valence-electron chi connectivity index (χ4n) is 2.97. The smallest absolute Gasteiger partial charge is 0.348 e. The number of alkyl halides is 3. The van der Waals surface area contributed by atoms with E-state index in [1.54, 1.807) is 6.92 Å². The molecule has 7 heteroatoms. The average molecular weight is 374 g/mol. The van der Waals surface area contributed by atoms with Gasteiger partial charge in [0.1, 0.15) is 5.56 Å². The number of aryl methyl sites for hydroxylation is 1. The van der Waals surface area contributed by atoms with Crippen molar-refractivity contribution in [1.29, 1.82) is 0 Å². The van der Waals surface area contributed by atoms with E-state index in [1.807, 2.05) is 30.3 Å². The lowest BCUT2D eigenvalue weighted by Gasteiger charge is -2.16. The number of carbonyl (C=O) groups is 1. The summed E-state index contributed by atoms with van der Waals surface area (Å²) in [7, 11) is 0. The van der Waals surface area contributed by atoms with Gasteiger partial charge in [-0.15, -0.1) is 0 Å². The van der Waals surface area contributed by atoms with Crippen molar-refractivity contribution in [2.75, 3.05) is 0 Å². The molecule has 140 valence electrons. The van der Waals surface area contributed by atoms with E-state index in [-0.39, 0.29) is 29.6 Å². The number of hydrogen-bond acceptors (Lipinski definition) is 2. The summed E-state index contributed by atoms with van der Waals surface area (Å²) in [6, 6.07) is 12.5. The molecule has 0 aliphatic carbocycles. The highest BCUT2D eigenvalue weighted by Crippen LogP contribution is 2.34. The van der Waals surface area contributed by atoms with Gasteiger partial charge in [0.15, 0.2) is 0 Å². The van der Waals surface area contributed by atoms with Crippen LogP contribution in [0.1, 0.15) is 28.4 Å². The van der Waals surface area contributed by atoms with Gasteiger partial charge in [-0.3, -0.25) is 9.59 Å². The minimum Gasteiger partial charge on any atom is -0.348 e. The van der Waals surface area contributed by atoms with Gasteiger partial charge in [-0.1, -0.05) is 36.4 Å². The summed E-state index contributed by atoms with van der Waals surface area (Å²) in [5.74, 6) is -0.620. The van der Waals surface area contributed by atoms with Crippen molar-refractivity contribution < 1.29 is 18.0 Å². The van der Waals surface area contributed by atoms with Gasteiger partial charge in [0.2, 0.25) is 5.43 Å². The standard InChI is InChI=1S/C20H17F3N2O2/c1-2-25-12-15(19(27)24-11-13-7-4-3-5-8-13)18(26)14-9-6-10-16(17(14)25)20(21,22)23/h3-10,12H,2,11H2,1H3,(H,24,27). The number of nitrogens with zero attached hydrogens (tertiary/aromatic N) is 1. The summed E-state index contributed by atoms with van der Waals surface area (Å²) >= 11 is 0. The van der Waals surface area contributed by atoms with Crippen molar-refractivity contribution >= 4 is 16.8 Å². The Kier molecular flexibility index (Phi) is 5.03. The summed E-state index contributed by atoms with van der Waals surface area (Å²) < 4.78 is 41.3. The van der Waals surface area contributed by atoms with Crippen molar-refractivity contribution in [3.05, 3.63) is 81.6 Å². The third kappa shape index (κ3) is 3.72. The molecule has 3 rings (SSSR count). The number of halogens is 3. The Labute approximate surface area is 153 Å². The maximum absolute atomic E-state index is 13.3. The Morgan fingerprint density at radius 2 is 1.78 bits per heavy atom. The Balaban J connectivity index is 2.06. The highest BCUT2D eigenvalue weighted by molar-refractivity contribution is 5.97. The highest BCUT2D eigenvalue weighted by Gasteiger charge is 2.34. The second-order valence-corrected chi connectivity index (χ2v) is 6.03. The molecule has 0 atom stereocenters. The van der Waals surface area contributed by atoms with Gasteiger partial charge in [0.25, 0.3) is 5.91 Å². The van der Waals surface area contributed by atoms with Crippen LogP contribution in [0.2, 0.25) is 0 Å². The lowest BCUT2D eigenvalue weighted by Crippen LogP contribution is -2.30. The first-order chi connectivity index (χ1) is 12.8. The maximum atomic E-state index is 13.3. The van der Waals surface area contributed by atoms with E-state index in [0.29, 0.717) is 0 Å². The van der Waals surface area contributed by atoms with Crippen LogP contribution in [-0.2, 0) is 19.3 Å². The first kappa shape index (κ1) is 18.7. The van der Waals surface area contributed by atoms with Gasteiger partial charge in [-0.25, -0.2) is 0 Å². The third-order valence-corrected chi connectivity index (χ3v) is 4.28. The van der Waals surface area contributed by atoms with Gasteiger partial charge in [-0.05, 0) is 24.6 Å². The van der Waals surface area contributed by atoms with Crippen molar-refractivity contribution in [2.24, 2.45) is 0 Å². The first-order valence-electron chi connectivity index (χ1n) is 8.38. The van der Waals surface area contributed by atoms with Crippen LogP contribution < -0.4 is 10.7 Å². The number of para-hydroxylation sites is 1. The minimum absolute atomic E-state index is 0.126. The number of rotatable bonds is 4. The van der Waals surface area contributed by atoms with Gasteiger partial charge >= 0.3 is 6.18 Å². The van der Waals surface area contributed by atoms with E-state index in [4.69, 9.17) is 0 Å². The predicted molar refractivity (Wildman–Crippen MR) is 96.5 cm³/mol. The second kappa shape index (κ2) is 7.26. The molecule has 0 radical (unpaired) electrons. The number of hydrogen-bond donors (Lipinski definition) is 1. The van der Waals surface area contributed by atoms with Crippen LogP contribution in [0.25, 0.3) is 10.9 Å². The van der Waals surface area contributed by atoms with Crippen LogP contribution in [0.4, 0.5) is 13.2 Å². The first-order valence-corrected chi connectivity index (χ1v) is 8.38. The zero-order valence-electron chi connectivity index (χ0n) is 14.5. The summed E-state index contributed by atoms with van der Waals surface area (Å²) in [6.45, 7) is 2.05. The molecule has 3 aromatic rings. The largest absolute Gasteiger partial charge is 0.418 e. The van der Waals surface area contributed by atoms with Crippen LogP contribution in [0.5, 0.6) is 0 Å². The molecule has 4 nitrogen and oxygen atoms in total. The zero-order valence-corrected chi connectivity index (χ0v) is 14.5. The van der Waals surface area contributed by atoms with Gasteiger partial charge in [-0.2, -0.15) is 13.2 Å². The van der Waals surface area contributed by atoms with Crippen LogP contribution >= 0.6 is 0 Å². The summed E-state index contributed by atoms with van der Waals surface area (Å²) in [6.07, 6.45) is -3.40. The molecule has 27 heavy (non-hydrogen) atoms. The summed E-state index contributed by atoms with van der Waals surface area (Å²) in [5, 5.41) is 2.52. The normalized spacial score (nSPS) is 11.6. The Morgan fingerprint density at radius 1 is 1.07 bits per heavy atom. The number of fused-ring (bicyclic) bond motifs is 1. The van der Waals surface area contributed by atoms with E-state index in [1.165, 1.54) is 22.9 Å². The monoisotopic (exact) mass is 374 g/mol. The molecule has 0 unspecified atom stereocenters. The fourth-order valence-corrected chi connectivity index (χ4v) is 2.97. The van der Waals surface area contributed by atoms with E-state index < -0.39 is 23.1 Å². The molecule has 2 aromatic carbocycles. The summed E-state index contributed by atoms with van der Waals surface area (Å²) in [5.41, 5.74) is -1.15. The van der Waals surface area contributed by atoms with Crippen LogP contribution in [0.15, 0.2) is 59.5 Å². The highest BCUT2D eigenvalue weighted by atomic mass is 19.4. The zero-order chi connectivity index (χ0) is 19.6. The van der Waals surface area contributed by atoms with Crippen molar-refractivity contribution in [1.82, 2.24) is 9.88 Å². The Hall–Kier alpha value is -3.09. The van der Waals surface area contributed by atoms with Crippen LogP contribution in [0.3, 0.4) is 0 Å². The topological polar surface area (TPSA) is 51.1 Å². The second-order valence-electron chi connectivity index (χ2n) is 6.03. The molecule has 0 fully saturated rings. The maximum Gasteiger partial charge on any atom is 0.418 e. The number of aromatic nitrogens is 1. The van der Waals surface area contributed by atoms with Crippen molar-refractivity contribution in [3.63, 3.8) is 0 Å². The Morgan fingerprint density at radius 3 is 2.41 bits per heavy atom. The molecule has 0 bridgehead atoms. The molecule has 1 amide bonds. The SMILES string of the molecule is CCn1cc(C(=O)NCc2ccccc2)c(=O)c2cccc(C(F)(F)F)c21. The molecule has 0 saturated heterocycles. The number of amides is 1. The van der Waals surface area contributed by atoms with Crippen molar-refractivity contribution in [2.45, 2.75) is 26.2 Å². The van der Waals surface area contributed by atoms with E-state index >= 15 is 0 Å². The van der Waals surface area contributed by atoms with E-state index in [0.717, 1.165) is 11.6 Å². The lowest BCUT2D eigenvalue weighted by atomic mass is 10.1. The average Bonchev–Trinajstić information content (AvgIpc) is 2.66. The number of nitrogens with one attached hydrogen (secondary N) is 1.